The summed E-state index contributed by atoms with van der Waals surface area (Å²) in [6, 6.07) is 5.00. The molecule has 1 aromatic carbocycles. The number of benzene rings is 1. The summed E-state index contributed by atoms with van der Waals surface area (Å²) in [6.45, 7) is 0.489. The van der Waals surface area contributed by atoms with Crippen LogP contribution in [0, 0.1) is 5.82 Å². The summed E-state index contributed by atoms with van der Waals surface area (Å²) >= 11 is 6.02. The summed E-state index contributed by atoms with van der Waals surface area (Å²) in [5, 5.41) is 6.35. The number of halogens is 2. The van der Waals surface area contributed by atoms with E-state index in [0.717, 1.165) is 0 Å². The normalized spacial score (nSPS) is 17.5. The van der Waals surface area contributed by atoms with Crippen molar-refractivity contribution < 1.29 is 23.5 Å². The van der Waals surface area contributed by atoms with Gasteiger partial charge in [-0.3, -0.25) is 19.5 Å². The van der Waals surface area contributed by atoms with Crippen molar-refractivity contribution in [1.29, 1.82) is 0 Å². The number of esters is 1. The van der Waals surface area contributed by atoms with Crippen LogP contribution < -0.4 is 15.4 Å². The highest BCUT2D eigenvalue weighted by Gasteiger charge is 2.36. The van der Waals surface area contributed by atoms with Crippen molar-refractivity contribution >= 4 is 35.0 Å². The first kappa shape index (κ1) is 25.3. The van der Waals surface area contributed by atoms with Crippen molar-refractivity contribution in [3.63, 3.8) is 0 Å². The smallest absolute Gasteiger partial charge is 0.323 e. The van der Waals surface area contributed by atoms with E-state index in [1.807, 2.05) is 4.90 Å². The highest BCUT2D eigenvalue weighted by atomic mass is 35.5. The lowest BCUT2D eigenvalue weighted by Crippen LogP contribution is -2.36. The minimum atomic E-state index is -0.536. The van der Waals surface area contributed by atoms with E-state index in [1.54, 1.807) is 13.1 Å². The Labute approximate surface area is 211 Å². The van der Waals surface area contributed by atoms with E-state index >= 15 is 0 Å². The van der Waals surface area contributed by atoms with E-state index in [0.29, 0.717) is 23.7 Å². The number of nitrogens with one attached hydrogen (secondary N) is 2. The van der Waals surface area contributed by atoms with Crippen LogP contribution in [0.5, 0.6) is 5.75 Å². The number of likely N-dealkylation sites (N-methyl/N-ethyl adjacent to an activating group) is 1. The number of likely N-dealkylation sites (tertiary alicyclic amines) is 1. The van der Waals surface area contributed by atoms with Crippen molar-refractivity contribution in [3.05, 3.63) is 59.3 Å². The molecule has 1 aliphatic heterocycles. The van der Waals surface area contributed by atoms with Gasteiger partial charge in [-0.05, 0) is 37.7 Å². The molecule has 4 rings (SSSR count). The Morgan fingerprint density at radius 3 is 2.78 bits per heavy atom. The van der Waals surface area contributed by atoms with Crippen LogP contribution in [0.4, 0.5) is 15.9 Å². The number of nitrogens with zero attached hydrogens (tertiary/aromatic N) is 4. The fourth-order valence-corrected chi connectivity index (χ4v) is 4.17. The van der Waals surface area contributed by atoms with E-state index in [1.165, 1.54) is 51.0 Å². The van der Waals surface area contributed by atoms with Crippen LogP contribution >= 0.6 is 11.6 Å². The summed E-state index contributed by atoms with van der Waals surface area (Å²) in [5.41, 5.74) is 0.761. The topological polar surface area (TPSA) is 119 Å². The lowest BCUT2D eigenvalue weighted by molar-refractivity contribution is -0.145. The van der Waals surface area contributed by atoms with Gasteiger partial charge in [0.2, 0.25) is 0 Å². The van der Waals surface area contributed by atoms with Crippen molar-refractivity contribution in [2.75, 3.05) is 33.1 Å². The third kappa shape index (κ3) is 5.37. The number of anilines is 2. The number of amides is 1. The molecule has 0 radical (unpaired) electrons. The number of hydrogen-bond donors (Lipinski definition) is 2. The number of carbonyl (C=O) groups is 2. The van der Waals surface area contributed by atoms with E-state index in [2.05, 4.69) is 25.6 Å². The number of ether oxygens (including phenoxy) is 2. The molecule has 12 heteroatoms. The fourth-order valence-electron chi connectivity index (χ4n) is 4.00. The van der Waals surface area contributed by atoms with Gasteiger partial charge in [0.25, 0.3) is 5.91 Å². The van der Waals surface area contributed by atoms with Crippen LogP contribution in [0.1, 0.15) is 16.8 Å². The Balaban J connectivity index is 1.58. The summed E-state index contributed by atoms with van der Waals surface area (Å²) in [6.07, 6.45) is 4.75. The number of pyridine rings is 1. The number of hydrogen-bond acceptors (Lipinski definition) is 9. The first-order chi connectivity index (χ1) is 17.3. The third-order valence-electron chi connectivity index (χ3n) is 5.82. The number of rotatable bonds is 7. The average molecular weight is 515 g/mol. The quantitative estimate of drug-likeness (QED) is 0.458. The van der Waals surface area contributed by atoms with Gasteiger partial charge in [0, 0.05) is 30.0 Å². The minimum Gasteiger partial charge on any atom is -0.491 e. The molecule has 0 spiro atoms. The van der Waals surface area contributed by atoms with Crippen molar-refractivity contribution in [2.24, 2.45) is 0 Å². The molecule has 0 unspecified atom stereocenters. The van der Waals surface area contributed by atoms with Gasteiger partial charge in [-0.25, -0.2) is 14.4 Å². The molecule has 10 nitrogen and oxygen atoms in total. The van der Waals surface area contributed by atoms with Crippen molar-refractivity contribution in [3.8, 4) is 17.1 Å². The molecule has 0 bridgehead atoms. The molecule has 36 heavy (non-hydrogen) atoms. The lowest BCUT2D eigenvalue weighted by atomic mass is 10.1. The second kappa shape index (κ2) is 10.8. The monoisotopic (exact) mass is 514 g/mol. The van der Waals surface area contributed by atoms with Crippen LogP contribution in [0.25, 0.3) is 11.4 Å². The molecule has 1 amide bonds. The first-order valence-corrected chi connectivity index (χ1v) is 11.3. The summed E-state index contributed by atoms with van der Waals surface area (Å²) in [7, 11) is 4.58. The third-order valence-corrected chi connectivity index (χ3v) is 6.05. The summed E-state index contributed by atoms with van der Waals surface area (Å²) in [5.74, 6) is -0.687. The van der Waals surface area contributed by atoms with Crippen LogP contribution in [0.15, 0.2) is 42.9 Å². The van der Waals surface area contributed by atoms with Gasteiger partial charge in [-0.1, -0.05) is 11.6 Å². The molecular formula is C24H24ClFN6O4. The molecule has 2 aromatic heterocycles. The lowest BCUT2D eigenvalue weighted by Gasteiger charge is -2.16. The van der Waals surface area contributed by atoms with Gasteiger partial charge >= 0.3 is 5.97 Å². The maximum absolute atomic E-state index is 14.4. The molecule has 2 N–H and O–H groups in total. The second-order valence-corrected chi connectivity index (χ2v) is 8.60. The predicted octanol–water partition coefficient (Wildman–Crippen LogP) is 3.06. The minimum absolute atomic E-state index is 0.0844. The largest absolute Gasteiger partial charge is 0.491 e. The molecule has 2 atom stereocenters. The Bertz CT molecular complexity index is 1290. The summed E-state index contributed by atoms with van der Waals surface area (Å²) < 4.78 is 24.6. The van der Waals surface area contributed by atoms with Gasteiger partial charge in [0.05, 0.1) is 37.2 Å². The predicted molar refractivity (Wildman–Crippen MR) is 131 cm³/mol. The maximum Gasteiger partial charge on any atom is 0.323 e. The Hall–Kier alpha value is -3.83. The zero-order chi connectivity index (χ0) is 25.8. The van der Waals surface area contributed by atoms with Crippen LogP contribution in [0.2, 0.25) is 5.02 Å². The van der Waals surface area contributed by atoms with Gasteiger partial charge in [0.15, 0.2) is 17.4 Å². The van der Waals surface area contributed by atoms with E-state index in [4.69, 9.17) is 21.1 Å². The van der Waals surface area contributed by atoms with E-state index in [-0.39, 0.29) is 46.4 Å². The molecule has 0 saturated carbocycles. The van der Waals surface area contributed by atoms with Gasteiger partial charge < -0.3 is 20.1 Å². The second-order valence-electron chi connectivity index (χ2n) is 8.17. The average Bonchev–Trinajstić information content (AvgIpc) is 3.24. The van der Waals surface area contributed by atoms with E-state index < -0.39 is 11.9 Å². The Morgan fingerprint density at radius 1 is 1.22 bits per heavy atom. The number of aromatic nitrogens is 3. The SMILES string of the molecule is COC(=O)[C@H]1C[C@@H](NC(=O)c2cnccc2Nc2nc(-c3cc(Cl)ccc3F)ncc2OC)CN1C. The highest BCUT2D eigenvalue weighted by molar-refractivity contribution is 6.30. The maximum atomic E-state index is 14.4. The standard InChI is InChI=1S/C24H24ClFN6O4/c1-32-12-14(9-19(32)24(34)36-3)29-23(33)16-10-27-7-6-18(16)30-22-20(35-2)11-28-21(31-22)15-8-13(25)4-5-17(15)26/h4-8,10-11,14,19H,9,12H2,1-3H3,(H,29,33)(H,27,28,30,31)/t14-,19-/m1/s1. The zero-order valence-corrected chi connectivity index (χ0v) is 20.5. The molecule has 1 saturated heterocycles. The van der Waals surface area contributed by atoms with Gasteiger partial charge in [-0.15, -0.1) is 0 Å². The Morgan fingerprint density at radius 2 is 2.03 bits per heavy atom. The fraction of sp³-hybridized carbons (Fsp3) is 0.292. The summed E-state index contributed by atoms with van der Waals surface area (Å²) in [4.78, 5) is 39.6. The number of methoxy groups -OCH3 is 2. The van der Waals surface area contributed by atoms with E-state index in [9.17, 15) is 14.0 Å². The number of carbonyl (C=O) groups excluding carboxylic acids is 2. The van der Waals surface area contributed by atoms with Gasteiger partial charge in [-0.2, -0.15) is 0 Å². The molecule has 1 fully saturated rings. The van der Waals surface area contributed by atoms with Crippen LogP contribution in [-0.2, 0) is 9.53 Å². The molecular weight excluding hydrogens is 491 g/mol. The molecule has 188 valence electrons. The molecule has 1 aliphatic rings. The molecule has 3 heterocycles. The molecule has 0 aliphatic carbocycles. The highest BCUT2D eigenvalue weighted by Crippen LogP contribution is 2.31. The van der Waals surface area contributed by atoms with Crippen LogP contribution in [-0.4, -0.2) is 71.6 Å². The van der Waals surface area contributed by atoms with Crippen molar-refractivity contribution in [2.45, 2.75) is 18.5 Å². The Kier molecular flexibility index (Phi) is 7.61. The first-order valence-electron chi connectivity index (χ1n) is 11.0. The zero-order valence-electron chi connectivity index (χ0n) is 19.8. The molecule has 3 aromatic rings. The van der Waals surface area contributed by atoms with Gasteiger partial charge in [0.1, 0.15) is 11.9 Å². The van der Waals surface area contributed by atoms with Crippen molar-refractivity contribution in [1.82, 2.24) is 25.2 Å². The van der Waals surface area contributed by atoms with Crippen LogP contribution in [0.3, 0.4) is 0 Å².